The van der Waals surface area contributed by atoms with E-state index in [0.29, 0.717) is 19.8 Å². The summed E-state index contributed by atoms with van der Waals surface area (Å²) in [5.74, 6) is 0.241. The van der Waals surface area contributed by atoms with E-state index in [4.69, 9.17) is 4.74 Å². The second-order valence-corrected chi connectivity index (χ2v) is 7.94. The molecular weight excluding hydrogens is 348 g/mol. The summed E-state index contributed by atoms with van der Waals surface area (Å²) in [5, 5.41) is 3.14. The summed E-state index contributed by atoms with van der Waals surface area (Å²) in [5.41, 5.74) is 4.94. The molecule has 2 heterocycles. The topological polar surface area (TPSA) is 41.6 Å². The zero-order valence-corrected chi connectivity index (χ0v) is 16.5. The van der Waals surface area contributed by atoms with Crippen LogP contribution in [0.15, 0.2) is 48.5 Å². The van der Waals surface area contributed by atoms with Crippen molar-refractivity contribution in [1.29, 1.82) is 0 Å². The van der Waals surface area contributed by atoms with Crippen molar-refractivity contribution < 1.29 is 9.53 Å². The number of nitrogens with one attached hydrogen (secondary N) is 1. The number of hydrogen-bond donors (Lipinski definition) is 1. The molecule has 2 aromatic carbocycles. The van der Waals surface area contributed by atoms with E-state index in [-0.39, 0.29) is 11.8 Å². The molecule has 2 saturated heterocycles. The molecule has 2 fully saturated rings. The van der Waals surface area contributed by atoms with Crippen molar-refractivity contribution in [3.63, 3.8) is 0 Å². The smallest absolute Gasteiger partial charge is 0.223 e. The van der Waals surface area contributed by atoms with Gasteiger partial charge in [-0.25, -0.2) is 0 Å². The number of carbonyl (C=O) groups is 1. The minimum atomic E-state index is 0.0887. The van der Waals surface area contributed by atoms with Gasteiger partial charge in [-0.3, -0.25) is 9.69 Å². The van der Waals surface area contributed by atoms with Gasteiger partial charge in [0.25, 0.3) is 0 Å². The molecule has 4 rings (SSSR count). The maximum absolute atomic E-state index is 12.5. The molecule has 0 atom stereocenters. The van der Waals surface area contributed by atoms with Crippen molar-refractivity contribution in [2.75, 3.05) is 26.3 Å². The van der Waals surface area contributed by atoms with Crippen LogP contribution in [-0.4, -0.2) is 37.1 Å². The average molecular weight is 379 g/mol. The van der Waals surface area contributed by atoms with E-state index in [0.717, 1.165) is 24.9 Å². The molecule has 1 N–H and O–H groups in total. The molecule has 0 spiro atoms. The first-order valence-corrected chi connectivity index (χ1v) is 10.5. The number of rotatable bonds is 6. The van der Waals surface area contributed by atoms with Gasteiger partial charge in [0.15, 0.2) is 0 Å². The molecule has 4 nitrogen and oxygen atoms in total. The van der Waals surface area contributed by atoms with Crippen LogP contribution in [0.1, 0.15) is 36.8 Å². The highest BCUT2D eigenvalue weighted by molar-refractivity contribution is 5.79. The van der Waals surface area contributed by atoms with E-state index in [9.17, 15) is 4.79 Å². The SMILES string of the molecule is O=C(NCc1ccccc1-c1ccc(CN2CCCC2)cc1)C1CCOCC1. The van der Waals surface area contributed by atoms with Crippen LogP contribution < -0.4 is 5.32 Å². The van der Waals surface area contributed by atoms with Crippen molar-refractivity contribution in [1.82, 2.24) is 10.2 Å². The monoisotopic (exact) mass is 378 g/mol. The van der Waals surface area contributed by atoms with Crippen molar-refractivity contribution in [3.05, 3.63) is 59.7 Å². The molecule has 0 radical (unpaired) electrons. The summed E-state index contributed by atoms with van der Waals surface area (Å²) in [6.45, 7) is 5.44. The summed E-state index contributed by atoms with van der Waals surface area (Å²) < 4.78 is 5.36. The Labute approximate surface area is 167 Å². The Kier molecular flexibility index (Phi) is 6.40. The first kappa shape index (κ1) is 19.2. The van der Waals surface area contributed by atoms with Crippen molar-refractivity contribution in [3.8, 4) is 11.1 Å². The van der Waals surface area contributed by atoms with E-state index >= 15 is 0 Å². The van der Waals surface area contributed by atoms with E-state index in [1.54, 1.807) is 0 Å². The third kappa shape index (κ3) is 4.81. The maximum atomic E-state index is 12.5. The number of nitrogens with zero attached hydrogens (tertiary/aromatic N) is 1. The van der Waals surface area contributed by atoms with Gasteiger partial charge in [0.2, 0.25) is 5.91 Å². The fourth-order valence-corrected chi connectivity index (χ4v) is 4.23. The van der Waals surface area contributed by atoms with Crippen LogP contribution in [-0.2, 0) is 22.6 Å². The van der Waals surface area contributed by atoms with Gasteiger partial charge in [-0.05, 0) is 61.0 Å². The number of carbonyl (C=O) groups excluding carboxylic acids is 1. The lowest BCUT2D eigenvalue weighted by Gasteiger charge is -2.21. The Balaban J connectivity index is 1.41. The molecule has 0 bridgehead atoms. The quantitative estimate of drug-likeness (QED) is 0.826. The third-order valence-corrected chi connectivity index (χ3v) is 5.93. The second-order valence-electron chi connectivity index (χ2n) is 7.94. The maximum Gasteiger partial charge on any atom is 0.223 e. The summed E-state index contributed by atoms with van der Waals surface area (Å²) in [6.07, 6.45) is 4.30. The van der Waals surface area contributed by atoms with Crippen molar-refractivity contribution in [2.24, 2.45) is 5.92 Å². The van der Waals surface area contributed by atoms with E-state index in [2.05, 4.69) is 52.7 Å². The first-order chi connectivity index (χ1) is 13.8. The second kappa shape index (κ2) is 9.35. The summed E-state index contributed by atoms with van der Waals surface area (Å²) in [6, 6.07) is 17.3. The van der Waals surface area contributed by atoms with Gasteiger partial charge in [0, 0.05) is 32.2 Å². The minimum absolute atomic E-state index is 0.0887. The lowest BCUT2D eigenvalue weighted by atomic mass is 9.97. The molecule has 28 heavy (non-hydrogen) atoms. The Morgan fingerprint density at radius 1 is 1.00 bits per heavy atom. The van der Waals surface area contributed by atoms with Gasteiger partial charge in [0.05, 0.1) is 0 Å². The van der Waals surface area contributed by atoms with Crippen LogP contribution in [0.3, 0.4) is 0 Å². The molecule has 1 amide bonds. The third-order valence-electron chi connectivity index (χ3n) is 5.93. The predicted molar refractivity (Wildman–Crippen MR) is 112 cm³/mol. The van der Waals surface area contributed by atoms with Gasteiger partial charge in [0.1, 0.15) is 0 Å². The predicted octanol–water partition coefficient (Wildman–Crippen LogP) is 3.99. The molecule has 4 heteroatoms. The highest BCUT2D eigenvalue weighted by Gasteiger charge is 2.21. The van der Waals surface area contributed by atoms with Crippen molar-refractivity contribution in [2.45, 2.75) is 38.8 Å². The number of likely N-dealkylation sites (tertiary alicyclic amines) is 1. The fraction of sp³-hybridized carbons (Fsp3) is 0.458. The van der Waals surface area contributed by atoms with Crippen LogP contribution in [0.2, 0.25) is 0 Å². The Morgan fingerprint density at radius 3 is 2.46 bits per heavy atom. The molecule has 148 valence electrons. The summed E-state index contributed by atoms with van der Waals surface area (Å²) in [4.78, 5) is 15.0. The van der Waals surface area contributed by atoms with Crippen molar-refractivity contribution >= 4 is 5.91 Å². The molecule has 0 unspecified atom stereocenters. The van der Waals surface area contributed by atoms with E-state index in [1.807, 2.05) is 6.07 Å². The van der Waals surface area contributed by atoms with Crippen LogP contribution in [0.5, 0.6) is 0 Å². The summed E-state index contributed by atoms with van der Waals surface area (Å²) >= 11 is 0. The van der Waals surface area contributed by atoms with Gasteiger partial charge < -0.3 is 10.1 Å². The van der Waals surface area contributed by atoms with Gasteiger partial charge in [-0.15, -0.1) is 0 Å². The molecule has 0 aliphatic carbocycles. The minimum Gasteiger partial charge on any atom is -0.381 e. The molecule has 0 aromatic heterocycles. The van der Waals surface area contributed by atoms with Gasteiger partial charge in [-0.1, -0.05) is 48.5 Å². The average Bonchev–Trinajstić information content (AvgIpc) is 3.26. The fourth-order valence-electron chi connectivity index (χ4n) is 4.23. The zero-order valence-electron chi connectivity index (χ0n) is 16.5. The number of benzene rings is 2. The molecular formula is C24H30N2O2. The molecule has 2 aromatic rings. The summed E-state index contributed by atoms with van der Waals surface area (Å²) in [7, 11) is 0. The highest BCUT2D eigenvalue weighted by atomic mass is 16.5. The van der Waals surface area contributed by atoms with Gasteiger partial charge in [-0.2, -0.15) is 0 Å². The molecule has 2 aliphatic heterocycles. The first-order valence-electron chi connectivity index (χ1n) is 10.5. The number of ether oxygens (including phenoxy) is 1. The molecule has 2 aliphatic rings. The number of hydrogen-bond acceptors (Lipinski definition) is 3. The Morgan fingerprint density at radius 2 is 1.71 bits per heavy atom. The standard InChI is InChI=1S/C24H30N2O2/c27-24(21-11-15-28-16-12-21)25-17-22-5-1-2-6-23(22)20-9-7-19(8-10-20)18-26-13-3-4-14-26/h1-2,5-10,21H,3-4,11-18H2,(H,25,27). The van der Waals surface area contributed by atoms with Crippen LogP contribution >= 0.6 is 0 Å². The van der Waals surface area contributed by atoms with Gasteiger partial charge >= 0.3 is 0 Å². The number of amides is 1. The van der Waals surface area contributed by atoms with Crippen LogP contribution in [0, 0.1) is 5.92 Å². The Bertz CT molecular complexity index is 775. The highest BCUT2D eigenvalue weighted by Crippen LogP contribution is 2.25. The normalized spacial score (nSPS) is 18.3. The Hall–Kier alpha value is -2.17. The van der Waals surface area contributed by atoms with E-state index < -0.39 is 0 Å². The lowest BCUT2D eigenvalue weighted by molar-refractivity contribution is -0.128. The molecule has 0 saturated carbocycles. The van der Waals surface area contributed by atoms with Crippen LogP contribution in [0.4, 0.5) is 0 Å². The largest absolute Gasteiger partial charge is 0.381 e. The van der Waals surface area contributed by atoms with Crippen LogP contribution in [0.25, 0.3) is 11.1 Å². The lowest BCUT2D eigenvalue weighted by Crippen LogP contribution is -2.33. The van der Waals surface area contributed by atoms with E-state index in [1.165, 1.54) is 42.6 Å². The zero-order chi connectivity index (χ0) is 19.2.